The Hall–Kier alpha value is -4.97. The number of rotatable bonds is 14. The van der Waals surface area contributed by atoms with Crippen molar-refractivity contribution in [3.63, 3.8) is 0 Å². The molecule has 2 heterocycles. The molecular formula is C37H48N6O6. The second-order valence-electron chi connectivity index (χ2n) is 12.2. The van der Waals surface area contributed by atoms with Crippen LogP contribution in [0.2, 0.25) is 0 Å². The number of likely N-dealkylation sites (N-methyl/N-ethyl adjacent to an activating group) is 2. The van der Waals surface area contributed by atoms with Gasteiger partial charge in [0.25, 0.3) is 5.91 Å². The number of anilines is 1. The highest BCUT2D eigenvalue weighted by atomic mass is 16.5. The first-order valence-corrected chi connectivity index (χ1v) is 16.6. The number of para-hydroxylation sites is 2. The standard InChI is InChI=1S/C37H48N6O6/c1-38-34(44)25-43-31-11-8-7-10-30(31)39-37(43)42-18-9-17-41(20-21-42)19-16-27(26-12-14-29(46-3)15-13-26)24-40(2)36(45)28-22-32(47-4)35(49-6)33(23-28)48-5/h7-8,10-15,22-23,27H,9,16-21,24-25H2,1-6H3,(H,38,44). The van der Waals surface area contributed by atoms with Crippen LogP contribution >= 0.6 is 0 Å². The Morgan fingerprint density at radius 3 is 2.27 bits per heavy atom. The Morgan fingerprint density at radius 2 is 1.61 bits per heavy atom. The fourth-order valence-electron chi connectivity index (χ4n) is 6.49. The van der Waals surface area contributed by atoms with E-state index in [1.807, 2.05) is 48.0 Å². The molecule has 1 aliphatic heterocycles. The molecule has 1 unspecified atom stereocenters. The number of nitrogens with one attached hydrogen (secondary N) is 1. The largest absolute Gasteiger partial charge is 0.497 e. The van der Waals surface area contributed by atoms with Crippen LogP contribution in [0.4, 0.5) is 5.95 Å². The summed E-state index contributed by atoms with van der Waals surface area (Å²) < 4.78 is 23.9. The summed E-state index contributed by atoms with van der Waals surface area (Å²) in [6.45, 7) is 5.06. The maximum absolute atomic E-state index is 13.8. The van der Waals surface area contributed by atoms with Gasteiger partial charge < -0.3 is 43.5 Å². The number of imidazole rings is 1. The van der Waals surface area contributed by atoms with Gasteiger partial charge in [0.05, 0.1) is 39.5 Å². The molecule has 1 fully saturated rings. The van der Waals surface area contributed by atoms with Gasteiger partial charge in [0, 0.05) is 51.8 Å². The van der Waals surface area contributed by atoms with Gasteiger partial charge in [0.1, 0.15) is 12.3 Å². The van der Waals surface area contributed by atoms with Gasteiger partial charge >= 0.3 is 0 Å². The molecule has 4 aromatic rings. The van der Waals surface area contributed by atoms with Gasteiger partial charge in [-0.3, -0.25) is 9.59 Å². The van der Waals surface area contributed by atoms with E-state index in [1.54, 1.807) is 38.3 Å². The van der Waals surface area contributed by atoms with Crippen LogP contribution in [0.3, 0.4) is 0 Å². The third kappa shape index (κ3) is 8.19. The molecule has 0 bridgehead atoms. The number of benzene rings is 3. The van der Waals surface area contributed by atoms with Gasteiger partial charge in [-0.15, -0.1) is 0 Å². The Bertz CT molecular complexity index is 1700. The van der Waals surface area contributed by atoms with Crippen molar-refractivity contribution in [2.45, 2.75) is 25.3 Å². The van der Waals surface area contributed by atoms with Gasteiger partial charge in [-0.1, -0.05) is 24.3 Å². The normalized spacial score (nSPS) is 14.2. The van der Waals surface area contributed by atoms with Crippen LogP contribution in [-0.2, 0) is 11.3 Å². The molecule has 1 aliphatic rings. The minimum absolute atomic E-state index is 0.0564. The Kier molecular flexibility index (Phi) is 11.8. The number of methoxy groups -OCH3 is 4. The highest BCUT2D eigenvalue weighted by molar-refractivity contribution is 5.95. The molecule has 0 saturated carbocycles. The number of ether oxygens (including phenoxy) is 4. The van der Waals surface area contributed by atoms with Crippen molar-refractivity contribution in [1.82, 2.24) is 24.7 Å². The number of nitrogens with zero attached hydrogens (tertiary/aromatic N) is 5. The molecule has 0 radical (unpaired) electrons. The molecule has 5 rings (SSSR count). The van der Waals surface area contributed by atoms with Gasteiger partial charge in [0.2, 0.25) is 17.6 Å². The van der Waals surface area contributed by atoms with Crippen molar-refractivity contribution in [1.29, 1.82) is 0 Å². The smallest absolute Gasteiger partial charge is 0.253 e. The number of aromatic nitrogens is 2. The summed E-state index contributed by atoms with van der Waals surface area (Å²) in [6, 6.07) is 19.5. The minimum Gasteiger partial charge on any atom is -0.497 e. The second-order valence-corrected chi connectivity index (χ2v) is 12.2. The lowest BCUT2D eigenvalue weighted by molar-refractivity contribution is -0.121. The molecule has 0 aliphatic carbocycles. The SMILES string of the molecule is CNC(=O)Cn1c(N2CCCN(CCC(CN(C)C(=O)c3cc(OC)c(OC)c(OC)c3)c3ccc(OC)cc3)CC2)nc2ccccc21. The zero-order chi connectivity index (χ0) is 34.9. The maximum atomic E-state index is 13.8. The summed E-state index contributed by atoms with van der Waals surface area (Å²) in [6.07, 6.45) is 1.82. The van der Waals surface area contributed by atoms with Gasteiger partial charge in [-0.25, -0.2) is 4.98 Å². The van der Waals surface area contributed by atoms with E-state index in [4.69, 9.17) is 23.9 Å². The molecule has 262 valence electrons. The molecule has 12 heteroatoms. The Labute approximate surface area is 288 Å². The quantitative estimate of drug-likeness (QED) is 0.210. The fraction of sp³-hybridized carbons (Fsp3) is 0.432. The van der Waals surface area contributed by atoms with Crippen LogP contribution in [-0.4, -0.2) is 113 Å². The minimum atomic E-state index is -0.136. The van der Waals surface area contributed by atoms with E-state index in [2.05, 4.69) is 27.2 Å². The number of hydrogen-bond donors (Lipinski definition) is 1. The number of carbonyl (C=O) groups is 2. The predicted molar refractivity (Wildman–Crippen MR) is 190 cm³/mol. The molecule has 2 amide bonds. The molecule has 1 aromatic heterocycles. The van der Waals surface area contributed by atoms with Crippen molar-refractivity contribution in [2.24, 2.45) is 0 Å². The van der Waals surface area contributed by atoms with E-state index >= 15 is 0 Å². The first kappa shape index (κ1) is 35.3. The van der Waals surface area contributed by atoms with E-state index in [-0.39, 0.29) is 24.3 Å². The van der Waals surface area contributed by atoms with Gasteiger partial charge in [-0.05, 0) is 67.9 Å². The van der Waals surface area contributed by atoms with Crippen LogP contribution in [0.15, 0.2) is 60.7 Å². The highest BCUT2D eigenvalue weighted by Crippen LogP contribution is 2.38. The first-order chi connectivity index (χ1) is 23.8. The second kappa shape index (κ2) is 16.4. The third-order valence-corrected chi connectivity index (χ3v) is 9.22. The number of amides is 2. The Morgan fingerprint density at radius 1 is 0.898 bits per heavy atom. The van der Waals surface area contributed by atoms with Crippen molar-refractivity contribution >= 4 is 28.8 Å². The Balaban J connectivity index is 1.30. The van der Waals surface area contributed by atoms with Crippen molar-refractivity contribution in [3.8, 4) is 23.0 Å². The lowest BCUT2D eigenvalue weighted by atomic mass is 9.94. The van der Waals surface area contributed by atoms with E-state index in [0.29, 0.717) is 29.4 Å². The number of carbonyl (C=O) groups excluding carboxylic acids is 2. The lowest BCUT2D eigenvalue weighted by Gasteiger charge is -2.28. The summed E-state index contributed by atoms with van der Waals surface area (Å²) in [7, 11) is 9.77. The molecule has 1 saturated heterocycles. The lowest BCUT2D eigenvalue weighted by Crippen LogP contribution is -2.35. The summed E-state index contributed by atoms with van der Waals surface area (Å²) in [4.78, 5) is 37.7. The molecule has 3 aromatic carbocycles. The maximum Gasteiger partial charge on any atom is 0.253 e. The van der Waals surface area contributed by atoms with Crippen molar-refractivity contribution in [3.05, 3.63) is 71.8 Å². The van der Waals surface area contributed by atoms with E-state index in [1.165, 1.54) is 14.2 Å². The van der Waals surface area contributed by atoms with Gasteiger partial charge in [-0.2, -0.15) is 0 Å². The molecular weight excluding hydrogens is 624 g/mol. The third-order valence-electron chi connectivity index (χ3n) is 9.22. The average Bonchev–Trinajstić information content (AvgIpc) is 3.32. The summed E-state index contributed by atoms with van der Waals surface area (Å²) in [5.74, 6) is 2.82. The topological polar surface area (TPSA) is 111 Å². The number of hydrogen-bond acceptors (Lipinski definition) is 9. The van der Waals surface area contributed by atoms with Crippen LogP contribution in [0.5, 0.6) is 23.0 Å². The predicted octanol–water partition coefficient (Wildman–Crippen LogP) is 4.27. The van der Waals surface area contributed by atoms with Crippen molar-refractivity contribution < 1.29 is 28.5 Å². The molecule has 1 N–H and O–H groups in total. The van der Waals surface area contributed by atoms with E-state index in [0.717, 1.165) is 73.9 Å². The zero-order valence-electron chi connectivity index (χ0n) is 29.4. The van der Waals surface area contributed by atoms with Crippen molar-refractivity contribution in [2.75, 3.05) is 86.7 Å². The summed E-state index contributed by atoms with van der Waals surface area (Å²) >= 11 is 0. The molecule has 12 nitrogen and oxygen atoms in total. The fourth-order valence-corrected chi connectivity index (χ4v) is 6.49. The first-order valence-electron chi connectivity index (χ1n) is 16.6. The summed E-state index contributed by atoms with van der Waals surface area (Å²) in [5.41, 5.74) is 3.44. The highest BCUT2D eigenvalue weighted by Gasteiger charge is 2.25. The summed E-state index contributed by atoms with van der Waals surface area (Å²) in [5, 5.41) is 2.75. The van der Waals surface area contributed by atoms with E-state index in [9.17, 15) is 9.59 Å². The van der Waals surface area contributed by atoms with Crippen LogP contribution in [0.1, 0.15) is 34.7 Å². The molecule has 0 spiro atoms. The molecule has 49 heavy (non-hydrogen) atoms. The average molecular weight is 673 g/mol. The van der Waals surface area contributed by atoms with Crippen LogP contribution < -0.4 is 29.2 Å². The van der Waals surface area contributed by atoms with E-state index < -0.39 is 0 Å². The zero-order valence-corrected chi connectivity index (χ0v) is 29.4. The van der Waals surface area contributed by atoms with Gasteiger partial charge in [0.15, 0.2) is 11.5 Å². The van der Waals surface area contributed by atoms with Crippen LogP contribution in [0.25, 0.3) is 11.0 Å². The monoisotopic (exact) mass is 672 g/mol. The molecule has 1 atom stereocenters. The number of fused-ring (bicyclic) bond motifs is 1. The van der Waals surface area contributed by atoms with Crippen LogP contribution in [0, 0.1) is 0 Å².